The molecule has 1 rings (SSSR count). The summed E-state index contributed by atoms with van der Waals surface area (Å²) in [5, 5.41) is 30.6. The lowest BCUT2D eigenvalue weighted by atomic mass is 9.90. The minimum absolute atomic E-state index is 0.280. The zero-order valence-electron chi connectivity index (χ0n) is 12.7. The van der Waals surface area contributed by atoms with Gasteiger partial charge in [0.2, 0.25) is 0 Å². The Balaban J connectivity index is 3.02. The van der Waals surface area contributed by atoms with Crippen molar-refractivity contribution in [3.63, 3.8) is 0 Å². The average Bonchev–Trinajstić information content (AvgIpc) is 2.53. The van der Waals surface area contributed by atoms with Crippen LogP contribution in [0.4, 0.5) is 0 Å². The summed E-state index contributed by atoms with van der Waals surface area (Å²) >= 11 is 0. The second kappa shape index (κ2) is 8.31. The van der Waals surface area contributed by atoms with Crippen molar-refractivity contribution in [1.82, 2.24) is 0 Å². The number of rotatable bonds is 9. The van der Waals surface area contributed by atoms with Crippen LogP contribution < -0.4 is 4.74 Å². The number of hydrogen-bond acceptors (Lipinski definition) is 6. The quantitative estimate of drug-likeness (QED) is 0.586. The summed E-state index contributed by atoms with van der Waals surface area (Å²) in [6, 6.07) is 6.54. The number of aliphatic hydroxyl groups is 3. The topological polar surface area (TPSA) is 88.4 Å². The molecule has 0 fully saturated rings. The third-order valence-corrected chi connectivity index (χ3v) is 3.20. The monoisotopic (exact) mass is 300 g/mol. The van der Waals surface area contributed by atoms with Gasteiger partial charge in [0.05, 0.1) is 13.7 Å². The second-order valence-electron chi connectivity index (χ2n) is 4.57. The van der Waals surface area contributed by atoms with Crippen LogP contribution in [0.1, 0.15) is 25.5 Å². The summed E-state index contributed by atoms with van der Waals surface area (Å²) in [5.74, 6) is 0.629. The van der Waals surface area contributed by atoms with E-state index in [-0.39, 0.29) is 13.2 Å². The molecule has 6 heteroatoms. The molecule has 21 heavy (non-hydrogen) atoms. The highest BCUT2D eigenvalue weighted by Crippen LogP contribution is 2.32. The summed E-state index contributed by atoms with van der Waals surface area (Å²) in [6.07, 6.45) is -2.49. The van der Waals surface area contributed by atoms with Crippen LogP contribution in [-0.2, 0) is 9.47 Å². The SMILES string of the molecule is CCOC(OCC)[C@@](O)(CO)[C@H](O)c1ccc(OC)cc1. The Morgan fingerprint density at radius 3 is 2.00 bits per heavy atom. The van der Waals surface area contributed by atoms with E-state index in [2.05, 4.69) is 0 Å². The first-order valence-electron chi connectivity index (χ1n) is 6.91. The van der Waals surface area contributed by atoms with Crippen molar-refractivity contribution >= 4 is 0 Å². The van der Waals surface area contributed by atoms with Gasteiger partial charge in [-0.05, 0) is 31.5 Å². The predicted octanol–water partition coefficient (Wildman–Crippen LogP) is 0.851. The maximum absolute atomic E-state index is 10.6. The minimum Gasteiger partial charge on any atom is -0.497 e. The molecule has 0 bridgehead atoms. The molecule has 0 spiro atoms. The summed E-state index contributed by atoms with van der Waals surface area (Å²) in [6.45, 7) is 3.34. The van der Waals surface area contributed by atoms with Crippen LogP contribution in [0.15, 0.2) is 24.3 Å². The van der Waals surface area contributed by atoms with E-state index >= 15 is 0 Å². The fourth-order valence-corrected chi connectivity index (χ4v) is 2.00. The Kier molecular flexibility index (Phi) is 7.07. The molecule has 1 aromatic carbocycles. The Bertz CT molecular complexity index is 401. The summed E-state index contributed by atoms with van der Waals surface area (Å²) in [4.78, 5) is 0. The molecule has 6 nitrogen and oxygen atoms in total. The van der Waals surface area contributed by atoms with Crippen LogP contribution in [0.3, 0.4) is 0 Å². The van der Waals surface area contributed by atoms with Crippen molar-refractivity contribution < 1.29 is 29.5 Å². The number of benzene rings is 1. The van der Waals surface area contributed by atoms with Crippen molar-refractivity contribution in [2.75, 3.05) is 26.9 Å². The molecule has 0 heterocycles. The van der Waals surface area contributed by atoms with E-state index in [1.54, 1.807) is 38.1 Å². The van der Waals surface area contributed by atoms with Crippen molar-refractivity contribution in [2.24, 2.45) is 0 Å². The van der Waals surface area contributed by atoms with Gasteiger partial charge in [-0.3, -0.25) is 0 Å². The van der Waals surface area contributed by atoms with Gasteiger partial charge in [0, 0.05) is 13.2 Å². The van der Waals surface area contributed by atoms with Crippen LogP contribution >= 0.6 is 0 Å². The molecule has 0 amide bonds. The largest absolute Gasteiger partial charge is 0.497 e. The van der Waals surface area contributed by atoms with Crippen molar-refractivity contribution in [3.05, 3.63) is 29.8 Å². The molecule has 0 aliphatic rings. The fraction of sp³-hybridized carbons (Fsp3) is 0.600. The van der Waals surface area contributed by atoms with Crippen molar-refractivity contribution in [2.45, 2.75) is 31.8 Å². The van der Waals surface area contributed by atoms with Crippen LogP contribution in [0.5, 0.6) is 5.75 Å². The number of ether oxygens (including phenoxy) is 3. The van der Waals surface area contributed by atoms with Gasteiger partial charge in [0.25, 0.3) is 0 Å². The third kappa shape index (κ3) is 4.15. The molecule has 1 aromatic rings. The van der Waals surface area contributed by atoms with E-state index in [1.807, 2.05) is 0 Å². The van der Waals surface area contributed by atoms with Crippen molar-refractivity contribution in [3.8, 4) is 5.75 Å². The van der Waals surface area contributed by atoms with Gasteiger partial charge < -0.3 is 29.5 Å². The first-order valence-corrected chi connectivity index (χ1v) is 6.91. The second-order valence-corrected chi connectivity index (χ2v) is 4.57. The smallest absolute Gasteiger partial charge is 0.191 e. The van der Waals surface area contributed by atoms with Crippen molar-refractivity contribution in [1.29, 1.82) is 0 Å². The van der Waals surface area contributed by atoms with Gasteiger partial charge in [0.15, 0.2) is 11.9 Å². The van der Waals surface area contributed by atoms with Gasteiger partial charge in [-0.2, -0.15) is 0 Å². The summed E-state index contributed by atoms with van der Waals surface area (Å²) in [7, 11) is 1.54. The highest BCUT2D eigenvalue weighted by atomic mass is 16.7. The van der Waals surface area contributed by atoms with E-state index in [0.717, 1.165) is 0 Å². The fourth-order valence-electron chi connectivity index (χ4n) is 2.00. The summed E-state index contributed by atoms with van der Waals surface area (Å²) < 4.78 is 15.7. The number of methoxy groups -OCH3 is 1. The number of aliphatic hydroxyl groups excluding tert-OH is 2. The molecule has 0 aliphatic carbocycles. The Hall–Kier alpha value is -1.18. The zero-order valence-corrected chi connectivity index (χ0v) is 12.7. The Morgan fingerprint density at radius 1 is 1.10 bits per heavy atom. The highest BCUT2D eigenvalue weighted by molar-refractivity contribution is 5.30. The normalized spacial score (nSPS) is 15.8. The van der Waals surface area contributed by atoms with Gasteiger partial charge >= 0.3 is 0 Å². The minimum atomic E-state index is -1.96. The van der Waals surface area contributed by atoms with Crippen LogP contribution in [0.25, 0.3) is 0 Å². The standard InChI is InChI=1S/C15H24O6/c1-4-20-14(21-5-2)15(18,10-16)13(17)11-6-8-12(19-3)9-7-11/h6-9,13-14,16-18H,4-5,10H2,1-3H3/t13-,15-/m1/s1. The first kappa shape index (κ1) is 17.9. The number of hydrogen-bond donors (Lipinski definition) is 3. The molecule has 0 saturated carbocycles. The van der Waals surface area contributed by atoms with Crippen LogP contribution in [0.2, 0.25) is 0 Å². The maximum Gasteiger partial charge on any atom is 0.191 e. The lowest BCUT2D eigenvalue weighted by molar-refractivity contribution is -0.275. The van der Waals surface area contributed by atoms with E-state index in [9.17, 15) is 15.3 Å². The molecule has 0 aliphatic heterocycles. The molecular formula is C15H24O6. The predicted molar refractivity (Wildman–Crippen MR) is 77.0 cm³/mol. The molecule has 2 atom stereocenters. The first-order chi connectivity index (χ1) is 10.0. The summed E-state index contributed by atoms with van der Waals surface area (Å²) in [5.41, 5.74) is -1.53. The third-order valence-electron chi connectivity index (χ3n) is 3.20. The molecule has 0 radical (unpaired) electrons. The van der Waals surface area contributed by atoms with Crippen LogP contribution in [0, 0.1) is 0 Å². The molecule has 0 saturated heterocycles. The van der Waals surface area contributed by atoms with Gasteiger partial charge in [-0.15, -0.1) is 0 Å². The molecule has 3 N–H and O–H groups in total. The zero-order chi connectivity index (χ0) is 15.9. The average molecular weight is 300 g/mol. The van der Waals surface area contributed by atoms with E-state index in [1.165, 1.54) is 7.11 Å². The maximum atomic E-state index is 10.6. The lowest BCUT2D eigenvalue weighted by Gasteiger charge is -2.37. The lowest BCUT2D eigenvalue weighted by Crippen LogP contribution is -2.53. The molecule has 120 valence electrons. The molecule has 0 aromatic heterocycles. The van der Waals surface area contributed by atoms with E-state index in [0.29, 0.717) is 11.3 Å². The van der Waals surface area contributed by atoms with Gasteiger partial charge in [-0.25, -0.2) is 0 Å². The van der Waals surface area contributed by atoms with E-state index < -0.39 is 24.6 Å². The highest BCUT2D eigenvalue weighted by Gasteiger charge is 2.45. The van der Waals surface area contributed by atoms with Gasteiger partial charge in [-0.1, -0.05) is 12.1 Å². The van der Waals surface area contributed by atoms with Gasteiger partial charge in [0.1, 0.15) is 11.9 Å². The molecule has 0 unspecified atom stereocenters. The molecular weight excluding hydrogens is 276 g/mol. The van der Waals surface area contributed by atoms with E-state index in [4.69, 9.17) is 14.2 Å². The Labute approximate surface area is 124 Å². The Morgan fingerprint density at radius 2 is 1.62 bits per heavy atom. The van der Waals surface area contributed by atoms with Crippen LogP contribution in [-0.4, -0.2) is 54.1 Å².